The van der Waals surface area contributed by atoms with E-state index >= 15 is 0 Å². The fourth-order valence-electron chi connectivity index (χ4n) is 3.48. The number of nitrogens with zero attached hydrogens (tertiary/aromatic N) is 3. The number of carbonyl (C=O) groups is 1. The van der Waals surface area contributed by atoms with Crippen molar-refractivity contribution in [1.29, 1.82) is 5.26 Å². The first-order valence-electron chi connectivity index (χ1n) is 10.1. The monoisotopic (exact) mass is 503 g/mol. The van der Waals surface area contributed by atoms with Gasteiger partial charge in [-0.2, -0.15) is 31.6 Å². The van der Waals surface area contributed by atoms with Crippen molar-refractivity contribution in [3.05, 3.63) is 46.8 Å². The fraction of sp³-hybridized carbons (Fsp3) is 0.409. The topological polar surface area (TPSA) is 84.7 Å². The summed E-state index contributed by atoms with van der Waals surface area (Å²) in [5, 5.41) is 9.32. The molecule has 0 saturated carbocycles. The van der Waals surface area contributed by atoms with Gasteiger partial charge in [-0.05, 0) is 25.1 Å². The lowest BCUT2D eigenvalue weighted by Gasteiger charge is -2.39. The third-order valence-electron chi connectivity index (χ3n) is 5.41. The second-order valence-electron chi connectivity index (χ2n) is 7.65. The number of amides is 1. The molecule has 2 aromatic rings. The minimum absolute atomic E-state index is 0.0121. The number of alkyl halides is 6. The second-order valence-corrected chi connectivity index (χ2v) is 7.65. The van der Waals surface area contributed by atoms with Crippen molar-refractivity contribution in [2.45, 2.75) is 31.3 Å². The van der Waals surface area contributed by atoms with Gasteiger partial charge < -0.3 is 19.1 Å². The maximum atomic E-state index is 13.2. The number of hydrogen-bond acceptors (Lipinski definition) is 6. The average Bonchev–Trinajstić information content (AvgIpc) is 2.76. The molecule has 1 aromatic carbocycles. The van der Waals surface area contributed by atoms with E-state index in [1.165, 1.54) is 18.1 Å². The Balaban J connectivity index is 1.89. The molecule has 0 N–H and O–H groups in total. The molecule has 0 spiro atoms. The zero-order valence-electron chi connectivity index (χ0n) is 18.6. The summed E-state index contributed by atoms with van der Waals surface area (Å²) in [7, 11) is 2.34. The van der Waals surface area contributed by atoms with Crippen LogP contribution in [0.15, 0.2) is 24.4 Å². The number of nitriles is 1. The molecule has 35 heavy (non-hydrogen) atoms. The van der Waals surface area contributed by atoms with Crippen LogP contribution in [-0.2, 0) is 6.18 Å². The smallest absolute Gasteiger partial charge is 0.425 e. The second kappa shape index (κ2) is 9.52. The lowest BCUT2D eigenvalue weighted by atomic mass is 9.93. The van der Waals surface area contributed by atoms with Crippen molar-refractivity contribution < 1.29 is 45.3 Å². The number of methoxy groups -OCH3 is 2. The largest absolute Gasteiger partial charge is 0.495 e. The van der Waals surface area contributed by atoms with Crippen molar-refractivity contribution in [3.63, 3.8) is 0 Å². The minimum Gasteiger partial charge on any atom is -0.495 e. The molecule has 7 nitrogen and oxygen atoms in total. The highest BCUT2D eigenvalue weighted by Crippen LogP contribution is 2.40. The fourth-order valence-corrected chi connectivity index (χ4v) is 3.48. The highest BCUT2D eigenvalue weighted by molar-refractivity contribution is 6.01. The molecule has 1 atom stereocenters. The lowest BCUT2D eigenvalue weighted by Crippen LogP contribution is -2.49. The Labute approximate surface area is 195 Å². The van der Waals surface area contributed by atoms with Crippen LogP contribution in [0.25, 0.3) is 0 Å². The summed E-state index contributed by atoms with van der Waals surface area (Å²) in [6.07, 6.45) is -10.9. The van der Waals surface area contributed by atoms with Gasteiger partial charge in [0.1, 0.15) is 23.1 Å². The van der Waals surface area contributed by atoms with Gasteiger partial charge in [0.2, 0.25) is 0 Å². The van der Waals surface area contributed by atoms with E-state index in [2.05, 4.69) is 4.98 Å². The summed E-state index contributed by atoms with van der Waals surface area (Å²) in [5.74, 6) is -2.04. The summed E-state index contributed by atoms with van der Waals surface area (Å²) in [6.45, 7) is 0.741. The molecule has 13 heteroatoms. The van der Waals surface area contributed by atoms with Crippen LogP contribution < -0.4 is 14.2 Å². The van der Waals surface area contributed by atoms with Crippen LogP contribution in [0.2, 0.25) is 0 Å². The van der Waals surface area contributed by atoms with E-state index in [-0.39, 0.29) is 41.4 Å². The molecule has 1 aliphatic rings. The summed E-state index contributed by atoms with van der Waals surface area (Å²) in [6, 6.07) is 4.85. The summed E-state index contributed by atoms with van der Waals surface area (Å²) in [5.41, 5.74) is -1.26. The molecule has 1 fully saturated rings. The Bertz CT molecular complexity index is 1150. The van der Waals surface area contributed by atoms with Crippen LogP contribution in [0.5, 0.6) is 17.2 Å². The van der Waals surface area contributed by atoms with E-state index in [4.69, 9.17) is 14.2 Å². The Morgan fingerprint density at radius 3 is 2.31 bits per heavy atom. The predicted molar refractivity (Wildman–Crippen MR) is 108 cm³/mol. The molecule has 2 heterocycles. The van der Waals surface area contributed by atoms with Gasteiger partial charge in [-0.25, -0.2) is 0 Å². The Hall–Kier alpha value is -3.69. The highest BCUT2D eigenvalue weighted by atomic mass is 19.4. The van der Waals surface area contributed by atoms with E-state index in [1.54, 1.807) is 6.07 Å². The molecular weight excluding hydrogens is 484 g/mol. The normalized spacial score (nSPS) is 15.1. The van der Waals surface area contributed by atoms with Gasteiger partial charge >= 0.3 is 12.4 Å². The number of carbonyl (C=O) groups excluding carboxylic acids is 1. The van der Waals surface area contributed by atoms with Crippen LogP contribution in [0.4, 0.5) is 26.3 Å². The molecule has 1 saturated heterocycles. The van der Waals surface area contributed by atoms with Crippen LogP contribution in [0.3, 0.4) is 0 Å². The van der Waals surface area contributed by atoms with Gasteiger partial charge in [-0.3, -0.25) is 9.78 Å². The molecule has 188 valence electrons. The molecule has 0 radical (unpaired) electrons. The molecule has 0 unspecified atom stereocenters. The molecule has 1 aromatic heterocycles. The SMILES string of the molecule is COc1cc(C(F)(F)F)cnc1C1CN(C(=O)c2c(O[C@@H](C)C(F)(F)F)ccc(C#N)c2OC)C1. The standard InChI is InChI=1S/C22H19F6N3O4/c1-11(21(23,24)25)35-15-5-4-12(7-29)19(34-3)17(15)20(32)31-9-13(10-31)18-16(33-2)6-14(8-30-18)22(26,27)28/h4-6,8,11,13H,9-10H2,1-3H3/t11-/m0/s1. The number of rotatable bonds is 6. The first-order chi connectivity index (χ1) is 16.3. The van der Waals surface area contributed by atoms with Gasteiger partial charge in [-0.1, -0.05) is 0 Å². The van der Waals surface area contributed by atoms with E-state index < -0.39 is 41.6 Å². The molecular formula is C22H19F6N3O4. The zero-order chi connectivity index (χ0) is 26.1. The maximum Gasteiger partial charge on any atom is 0.425 e. The Morgan fingerprint density at radius 2 is 1.80 bits per heavy atom. The van der Waals surface area contributed by atoms with Gasteiger partial charge in [-0.15, -0.1) is 0 Å². The first-order valence-corrected chi connectivity index (χ1v) is 10.1. The summed E-state index contributed by atoms with van der Waals surface area (Å²) < 4.78 is 93.2. The molecule has 0 bridgehead atoms. The Kier molecular flexibility index (Phi) is 7.05. The zero-order valence-corrected chi connectivity index (χ0v) is 18.6. The molecule has 1 aliphatic heterocycles. The predicted octanol–water partition coefficient (Wildman–Crippen LogP) is 4.56. The van der Waals surface area contributed by atoms with E-state index in [1.807, 2.05) is 0 Å². The van der Waals surface area contributed by atoms with Gasteiger partial charge in [0.05, 0.1) is 31.0 Å². The average molecular weight is 503 g/mol. The molecule has 3 rings (SSSR count). The van der Waals surface area contributed by atoms with Gasteiger partial charge in [0.15, 0.2) is 11.9 Å². The van der Waals surface area contributed by atoms with Gasteiger partial charge in [0, 0.05) is 25.2 Å². The Morgan fingerprint density at radius 1 is 1.14 bits per heavy atom. The van der Waals surface area contributed by atoms with Crippen molar-refractivity contribution in [3.8, 4) is 23.3 Å². The number of pyridine rings is 1. The van der Waals surface area contributed by atoms with Gasteiger partial charge in [0.25, 0.3) is 5.91 Å². The van der Waals surface area contributed by atoms with E-state index in [0.717, 1.165) is 26.2 Å². The van der Waals surface area contributed by atoms with E-state index in [9.17, 15) is 36.4 Å². The van der Waals surface area contributed by atoms with Crippen LogP contribution in [0.1, 0.15) is 40.0 Å². The third kappa shape index (κ3) is 5.21. The van der Waals surface area contributed by atoms with Crippen molar-refractivity contribution in [2.75, 3.05) is 27.3 Å². The first kappa shape index (κ1) is 25.9. The highest BCUT2D eigenvalue weighted by Gasteiger charge is 2.42. The van der Waals surface area contributed by atoms with Crippen LogP contribution >= 0.6 is 0 Å². The van der Waals surface area contributed by atoms with Crippen molar-refractivity contribution in [1.82, 2.24) is 9.88 Å². The van der Waals surface area contributed by atoms with Crippen LogP contribution in [0, 0.1) is 11.3 Å². The quantitative estimate of drug-likeness (QED) is 0.538. The number of ether oxygens (including phenoxy) is 3. The number of aromatic nitrogens is 1. The number of benzene rings is 1. The van der Waals surface area contributed by atoms with Crippen molar-refractivity contribution >= 4 is 5.91 Å². The number of likely N-dealkylation sites (tertiary alicyclic amines) is 1. The maximum absolute atomic E-state index is 13.2. The summed E-state index contributed by atoms with van der Waals surface area (Å²) in [4.78, 5) is 18.3. The van der Waals surface area contributed by atoms with Crippen LogP contribution in [-0.4, -0.2) is 55.4 Å². The number of halogens is 6. The minimum atomic E-state index is -4.71. The molecule has 0 aliphatic carbocycles. The van der Waals surface area contributed by atoms with Crippen molar-refractivity contribution in [2.24, 2.45) is 0 Å². The lowest BCUT2D eigenvalue weighted by molar-refractivity contribution is -0.189. The number of hydrogen-bond donors (Lipinski definition) is 0. The summed E-state index contributed by atoms with van der Waals surface area (Å²) >= 11 is 0. The third-order valence-corrected chi connectivity index (χ3v) is 5.41. The van der Waals surface area contributed by atoms with E-state index in [0.29, 0.717) is 6.20 Å². The molecule has 1 amide bonds.